The lowest BCUT2D eigenvalue weighted by Crippen LogP contribution is -2.30. The molecule has 0 spiro atoms. The molecule has 5 N–H and O–H groups in total. The number of anilines is 2. The number of primary amides is 1. The van der Waals surface area contributed by atoms with Gasteiger partial charge in [-0.2, -0.15) is 0 Å². The Kier molecular flexibility index (Phi) is 6.98. The first kappa shape index (κ1) is 17.3. The highest BCUT2D eigenvalue weighted by Crippen LogP contribution is 2.19. The van der Waals surface area contributed by atoms with Gasteiger partial charge in [0.15, 0.2) is 0 Å². The predicted octanol–water partition coefficient (Wildman–Crippen LogP) is 1.93. The smallest absolute Gasteiger partial charge is 0.316 e. The summed E-state index contributed by atoms with van der Waals surface area (Å²) in [6.07, 6.45) is 2.61. The van der Waals surface area contributed by atoms with Gasteiger partial charge >= 0.3 is 6.03 Å². The summed E-state index contributed by atoms with van der Waals surface area (Å²) in [6, 6.07) is 6.32. The molecule has 0 aliphatic carbocycles. The molecule has 7 heteroatoms. The number of urea groups is 1. The van der Waals surface area contributed by atoms with Crippen molar-refractivity contribution in [3.05, 3.63) is 24.3 Å². The number of hydrogen-bond acceptors (Lipinski definition) is 3. The van der Waals surface area contributed by atoms with E-state index in [1.165, 1.54) is 0 Å². The third kappa shape index (κ3) is 6.01. The van der Waals surface area contributed by atoms with Crippen LogP contribution in [0.3, 0.4) is 0 Å². The van der Waals surface area contributed by atoms with Crippen LogP contribution < -0.4 is 21.7 Å². The Morgan fingerprint density at radius 2 is 1.81 bits per heavy atom. The molecule has 0 radical (unpaired) electrons. The molecular weight excluding hydrogens is 292 g/mol. The molecule has 0 saturated carbocycles. The lowest BCUT2D eigenvalue weighted by atomic mass is 9.94. The number of nitrogens with two attached hydrogens (primary N) is 1. The molecule has 1 aliphatic rings. The van der Waals surface area contributed by atoms with Crippen LogP contribution in [0.1, 0.15) is 19.3 Å². The van der Waals surface area contributed by atoms with E-state index in [0.717, 1.165) is 25.9 Å². The third-order valence-electron chi connectivity index (χ3n) is 3.35. The van der Waals surface area contributed by atoms with Crippen molar-refractivity contribution in [1.82, 2.24) is 5.32 Å². The number of hydrogen-bond donors (Lipinski definition) is 4. The zero-order valence-electron chi connectivity index (χ0n) is 11.7. The summed E-state index contributed by atoms with van der Waals surface area (Å²) in [5, 5.41) is 8.61. The molecule has 1 aromatic rings. The molecule has 6 nitrogen and oxygen atoms in total. The van der Waals surface area contributed by atoms with Crippen molar-refractivity contribution in [2.75, 3.05) is 23.7 Å². The molecule has 0 bridgehead atoms. The van der Waals surface area contributed by atoms with Gasteiger partial charge in [0.1, 0.15) is 0 Å². The van der Waals surface area contributed by atoms with Crippen LogP contribution in [0.25, 0.3) is 0 Å². The molecule has 21 heavy (non-hydrogen) atoms. The summed E-state index contributed by atoms with van der Waals surface area (Å²) in [5.41, 5.74) is 6.29. The third-order valence-corrected chi connectivity index (χ3v) is 3.35. The molecule has 0 aromatic heterocycles. The molecule has 3 amide bonds. The number of nitrogens with one attached hydrogen (secondary N) is 3. The van der Waals surface area contributed by atoms with Gasteiger partial charge in [-0.25, -0.2) is 4.79 Å². The summed E-state index contributed by atoms with van der Waals surface area (Å²) in [7, 11) is 0. The van der Waals surface area contributed by atoms with Gasteiger partial charge in [-0.3, -0.25) is 4.79 Å². The van der Waals surface area contributed by atoms with E-state index in [-0.39, 0.29) is 18.3 Å². The van der Waals surface area contributed by atoms with Gasteiger partial charge in [0, 0.05) is 17.8 Å². The first-order valence-electron chi connectivity index (χ1n) is 6.80. The lowest BCUT2D eigenvalue weighted by molar-refractivity contribution is -0.117. The number of rotatable bonds is 4. The van der Waals surface area contributed by atoms with Gasteiger partial charge in [0.25, 0.3) is 0 Å². The van der Waals surface area contributed by atoms with Crippen LogP contribution in [0, 0.1) is 5.92 Å². The second kappa shape index (κ2) is 8.49. The Morgan fingerprint density at radius 3 is 2.43 bits per heavy atom. The summed E-state index contributed by atoms with van der Waals surface area (Å²) in [4.78, 5) is 22.8. The fourth-order valence-corrected chi connectivity index (χ4v) is 2.38. The van der Waals surface area contributed by atoms with Crippen LogP contribution in [-0.2, 0) is 4.79 Å². The van der Waals surface area contributed by atoms with E-state index in [4.69, 9.17) is 5.73 Å². The fraction of sp³-hybridized carbons (Fsp3) is 0.429. The average molecular weight is 313 g/mol. The number of carbonyl (C=O) groups is 2. The molecule has 1 heterocycles. The minimum absolute atomic E-state index is 0. The van der Waals surface area contributed by atoms with Gasteiger partial charge in [-0.1, -0.05) is 6.07 Å². The minimum Gasteiger partial charge on any atom is -0.351 e. The van der Waals surface area contributed by atoms with Crippen LogP contribution in [0.5, 0.6) is 0 Å². The molecule has 1 fully saturated rings. The van der Waals surface area contributed by atoms with E-state index in [0.29, 0.717) is 23.7 Å². The van der Waals surface area contributed by atoms with Crippen LogP contribution in [0.15, 0.2) is 24.3 Å². The highest BCUT2D eigenvalue weighted by Gasteiger charge is 2.16. The van der Waals surface area contributed by atoms with E-state index < -0.39 is 6.03 Å². The van der Waals surface area contributed by atoms with Gasteiger partial charge in [-0.05, 0) is 50.0 Å². The Morgan fingerprint density at radius 1 is 1.19 bits per heavy atom. The van der Waals surface area contributed by atoms with Crippen LogP contribution >= 0.6 is 12.4 Å². The van der Waals surface area contributed by atoms with Crippen molar-refractivity contribution in [3.8, 4) is 0 Å². The second-order valence-electron chi connectivity index (χ2n) is 5.02. The monoisotopic (exact) mass is 312 g/mol. The molecule has 1 saturated heterocycles. The van der Waals surface area contributed by atoms with E-state index in [2.05, 4.69) is 16.0 Å². The van der Waals surface area contributed by atoms with Crippen molar-refractivity contribution < 1.29 is 9.59 Å². The summed E-state index contributed by atoms with van der Waals surface area (Å²) < 4.78 is 0. The molecule has 0 atom stereocenters. The van der Waals surface area contributed by atoms with E-state index in [1.807, 2.05) is 0 Å². The normalized spacial score (nSPS) is 14.9. The number of halogens is 1. The molecule has 116 valence electrons. The summed E-state index contributed by atoms with van der Waals surface area (Å²) >= 11 is 0. The molecule has 1 aliphatic heterocycles. The highest BCUT2D eigenvalue weighted by atomic mass is 35.5. The van der Waals surface area contributed by atoms with Crippen molar-refractivity contribution in [3.63, 3.8) is 0 Å². The highest BCUT2D eigenvalue weighted by molar-refractivity contribution is 5.93. The van der Waals surface area contributed by atoms with Gasteiger partial charge in [-0.15, -0.1) is 12.4 Å². The maximum absolute atomic E-state index is 12.0. The average Bonchev–Trinajstić information content (AvgIpc) is 2.39. The van der Waals surface area contributed by atoms with E-state index in [1.54, 1.807) is 24.3 Å². The number of carbonyl (C=O) groups excluding carboxylic acids is 2. The molecular formula is C14H21ClN4O2. The maximum atomic E-state index is 12.0. The predicted molar refractivity (Wildman–Crippen MR) is 85.7 cm³/mol. The Bertz CT molecular complexity index is 490. The molecule has 2 rings (SSSR count). The van der Waals surface area contributed by atoms with Crippen molar-refractivity contribution in [2.24, 2.45) is 11.7 Å². The van der Waals surface area contributed by atoms with Crippen molar-refractivity contribution in [2.45, 2.75) is 19.3 Å². The number of benzene rings is 1. The second-order valence-corrected chi connectivity index (χ2v) is 5.02. The van der Waals surface area contributed by atoms with Gasteiger partial charge in [0.05, 0.1) is 0 Å². The molecule has 1 aromatic carbocycles. The molecule has 0 unspecified atom stereocenters. The lowest BCUT2D eigenvalue weighted by Gasteiger charge is -2.21. The van der Waals surface area contributed by atoms with Crippen LogP contribution in [0.2, 0.25) is 0 Å². The van der Waals surface area contributed by atoms with Gasteiger partial charge in [0.2, 0.25) is 5.91 Å². The maximum Gasteiger partial charge on any atom is 0.316 e. The summed E-state index contributed by atoms with van der Waals surface area (Å²) in [5.74, 6) is 0.455. The van der Waals surface area contributed by atoms with Crippen molar-refractivity contribution in [1.29, 1.82) is 0 Å². The van der Waals surface area contributed by atoms with Crippen LogP contribution in [-0.4, -0.2) is 25.0 Å². The fourth-order valence-electron chi connectivity index (χ4n) is 2.38. The quantitative estimate of drug-likeness (QED) is 0.684. The van der Waals surface area contributed by atoms with E-state index in [9.17, 15) is 9.59 Å². The van der Waals surface area contributed by atoms with E-state index >= 15 is 0 Å². The van der Waals surface area contributed by atoms with Crippen molar-refractivity contribution >= 4 is 35.7 Å². The standard InChI is InChI=1S/C14H20N4O2.ClH/c15-14(20)18-12-3-1-2-11(9-12)17-13(19)8-10-4-6-16-7-5-10;/h1-3,9-10,16H,4-8H2,(H,17,19)(H3,15,18,20);1H. The summed E-state index contributed by atoms with van der Waals surface area (Å²) in [6.45, 7) is 1.96. The Balaban J connectivity index is 0.00000220. The van der Waals surface area contributed by atoms with Crippen LogP contribution in [0.4, 0.5) is 16.2 Å². The minimum atomic E-state index is -0.622. The largest absolute Gasteiger partial charge is 0.351 e. The number of piperidine rings is 1. The van der Waals surface area contributed by atoms with Gasteiger partial charge < -0.3 is 21.7 Å². The first-order chi connectivity index (χ1) is 9.63. The zero-order chi connectivity index (χ0) is 14.4. The number of amides is 3. The SMILES string of the molecule is Cl.NC(=O)Nc1cccc(NC(=O)CC2CCNCC2)c1. The first-order valence-corrected chi connectivity index (χ1v) is 6.80. The Hall–Kier alpha value is -1.79. The zero-order valence-corrected chi connectivity index (χ0v) is 12.5. The topological polar surface area (TPSA) is 96.2 Å². The Labute approximate surface area is 130 Å².